The van der Waals surface area contributed by atoms with E-state index < -0.39 is 0 Å². The van der Waals surface area contributed by atoms with Crippen molar-refractivity contribution in [2.75, 3.05) is 5.32 Å². The standard InChI is InChI=1S/C20H23N3O2/c1-2-7-17-13-18(23-22-17)20(25)21-16-11-6-10-15(12-16)19(24)14-8-4-3-5-9-14/h3-6,8-12,17-18,22-23H,2,7,13H2,1H3,(H,21,25). The van der Waals surface area contributed by atoms with Crippen LogP contribution in [0.4, 0.5) is 5.69 Å². The lowest BCUT2D eigenvalue weighted by atomic mass is 10.0. The number of amides is 1. The van der Waals surface area contributed by atoms with Crippen molar-refractivity contribution in [3.63, 3.8) is 0 Å². The maximum Gasteiger partial charge on any atom is 0.242 e. The van der Waals surface area contributed by atoms with E-state index in [9.17, 15) is 9.59 Å². The van der Waals surface area contributed by atoms with Crippen molar-refractivity contribution in [2.45, 2.75) is 38.3 Å². The Morgan fingerprint density at radius 2 is 1.80 bits per heavy atom. The van der Waals surface area contributed by atoms with Crippen molar-refractivity contribution < 1.29 is 9.59 Å². The second-order valence-electron chi connectivity index (χ2n) is 6.33. The first kappa shape index (κ1) is 17.3. The lowest BCUT2D eigenvalue weighted by Gasteiger charge is -2.11. The largest absolute Gasteiger partial charge is 0.325 e. The van der Waals surface area contributed by atoms with Crippen molar-refractivity contribution >= 4 is 17.4 Å². The van der Waals surface area contributed by atoms with E-state index in [1.807, 2.05) is 18.2 Å². The van der Waals surface area contributed by atoms with E-state index in [4.69, 9.17) is 0 Å². The molecule has 3 rings (SSSR count). The number of carbonyl (C=O) groups is 2. The van der Waals surface area contributed by atoms with Gasteiger partial charge in [0.2, 0.25) is 5.91 Å². The van der Waals surface area contributed by atoms with Crippen LogP contribution in [0.15, 0.2) is 54.6 Å². The zero-order chi connectivity index (χ0) is 17.6. The Labute approximate surface area is 147 Å². The van der Waals surface area contributed by atoms with Gasteiger partial charge in [-0.3, -0.25) is 15.0 Å². The maximum absolute atomic E-state index is 12.5. The average molecular weight is 337 g/mol. The van der Waals surface area contributed by atoms with Gasteiger partial charge in [-0.25, -0.2) is 5.43 Å². The van der Waals surface area contributed by atoms with Crippen LogP contribution in [-0.4, -0.2) is 23.8 Å². The summed E-state index contributed by atoms with van der Waals surface area (Å²) in [6, 6.07) is 16.3. The number of hydrogen-bond acceptors (Lipinski definition) is 4. The van der Waals surface area contributed by atoms with Crippen molar-refractivity contribution in [1.29, 1.82) is 0 Å². The van der Waals surface area contributed by atoms with E-state index in [0.29, 0.717) is 22.9 Å². The zero-order valence-electron chi connectivity index (χ0n) is 14.3. The quantitative estimate of drug-likeness (QED) is 0.709. The molecule has 1 fully saturated rings. The highest BCUT2D eigenvalue weighted by molar-refractivity contribution is 6.09. The van der Waals surface area contributed by atoms with Crippen LogP contribution in [0.2, 0.25) is 0 Å². The highest BCUT2D eigenvalue weighted by Crippen LogP contribution is 2.17. The smallest absolute Gasteiger partial charge is 0.242 e. The molecule has 1 aliphatic heterocycles. The van der Waals surface area contributed by atoms with Crippen LogP contribution in [0.3, 0.4) is 0 Å². The molecule has 2 aromatic carbocycles. The van der Waals surface area contributed by atoms with E-state index in [2.05, 4.69) is 23.1 Å². The van der Waals surface area contributed by atoms with Gasteiger partial charge in [0.1, 0.15) is 6.04 Å². The van der Waals surface area contributed by atoms with Crippen molar-refractivity contribution in [3.05, 3.63) is 65.7 Å². The molecule has 0 saturated carbocycles. The lowest BCUT2D eigenvalue weighted by molar-refractivity contribution is -0.117. The topological polar surface area (TPSA) is 70.2 Å². The van der Waals surface area contributed by atoms with Crippen LogP contribution in [-0.2, 0) is 4.79 Å². The number of nitrogens with one attached hydrogen (secondary N) is 3. The summed E-state index contributed by atoms with van der Waals surface area (Å²) in [4.78, 5) is 24.9. The number of ketones is 1. The molecule has 25 heavy (non-hydrogen) atoms. The predicted molar refractivity (Wildman–Crippen MR) is 98.3 cm³/mol. The summed E-state index contributed by atoms with van der Waals surface area (Å²) >= 11 is 0. The first-order valence-electron chi connectivity index (χ1n) is 8.69. The summed E-state index contributed by atoms with van der Waals surface area (Å²) < 4.78 is 0. The third kappa shape index (κ3) is 4.32. The molecule has 0 bridgehead atoms. The highest BCUT2D eigenvalue weighted by atomic mass is 16.2. The fourth-order valence-corrected chi connectivity index (χ4v) is 3.06. The number of carbonyl (C=O) groups excluding carboxylic acids is 2. The number of anilines is 1. The van der Waals surface area contributed by atoms with Crippen LogP contribution in [0, 0.1) is 0 Å². The van der Waals surface area contributed by atoms with Crippen LogP contribution in [0.5, 0.6) is 0 Å². The molecule has 0 spiro atoms. The first-order valence-corrected chi connectivity index (χ1v) is 8.69. The van der Waals surface area contributed by atoms with Gasteiger partial charge in [-0.1, -0.05) is 55.8 Å². The molecule has 1 heterocycles. The van der Waals surface area contributed by atoms with E-state index >= 15 is 0 Å². The Balaban J connectivity index is 1.66. The lowest BCUT2D eigenvalue weighted by Crippen LogP contribution is -2.40. The summed E-state index contributed by atoms with van der Waals surface area (Å²) in [6.07, 6.45) is 2.89. The van der Waals surface area contributed by atoms with Crippen LogP contribution >= 0.6 is 0 Å². The van der Waals surface area contributed by atoms with Gasteiger partial charge in [-0.15, -0.1) is 0 Å². The number of rotatable bonds is 6. The molecule has 3 N–H and O–H groups in total. The van der Waals surface area contributed by atoms with Gasteiger partial charge >= 0.3 is 0 Å². The molecule has 1 amide bonds. The molecule has 5 heteroatoms. The summed E-state index contributed by atoms with van der Waals surface area (Å²) in [6.45, 7) is 2.13. The molecule has 0 radical (unpaired) electrons. The molecule has 130 valence electrons. The fourth-order valence-electron chi connectivity index (χ4n) is 3.06. The first-order chi connectivity index (χ1) is 12.2. The zero-order valence-corrected chi connectivity index (χ0v) is 14.3. The van der Waals surface area contributed by atoms with Gasteiger partial charge < -0.3 is 5.32 Å². The van der Waals surface area contributed by atoms with Gasteiger partial charge in [-0.2, -0.15) is 0 Å². The normalized spacial score (nSPS) is 19.6. The van der Waals surface area contributed by atoms with Crippen LogP contribution < -0.4 is 16.2 Å². The fraction of sp³-hybridized carbons (Fsp3) is 0.300. The molecule has 2 unspecified atom stereocenters. The third-order valence-corrected chi connectivity index (χ3v) is 4.36. The van der Waals surface area contributed by atoms with Crippen molar-refractivity contribution in [3.8, 4) is 0 Å². The molecular formula is C20H23N3O2. The van der Waals surface area contributed by atoms with Crippen LogP contribution in [0.1, 0.15) is 42.1 Å². The molecule has 2 aromatic rings. The summed E-state index contributed by atoms with van der Waals surface area (Å²) in [7, 11) is 0. The second kappa shape index (κ2) is 8.05. The Kier molecular flexibility index (Phi) is 5.58. The SMILES string of the molecule is CCCC1CC(C(=O)Nc2cccc(C(=O)c3ccccc3)c2)NN1. The molecule has 2 atom stereocenters. The second-order valence-corrected chi connectivity index (χ2v) is 6.33. The Morgan fingerprint density at radius 3 is 2.56 bits per heavy atom. The molecule has 5 nitrogen and oxygen atoms in total. The molecule has 1 saturated heterocycles. The number of benzene rings is 2. The van der Waals surface area contributed by atoms with Gasteiger partial charge in [-0.05, 0) is 25.0 Å². The Bertz CT molecular complexity index is 746. The molecule has 1 aliphatic rings. The summed E-state index contributed by atoms with van der Waals surface area (Å²) in [5.41, 5.74) is 8.03. The molecule has 0 aliphatic carbocycles. The van der Waals surface area contributed by atoms with Crippen molar-refractivity contribution in [1.82, 2.24) is 10.9 Å². The number of hydrazine groups is 1. The third-order valence-electron chi connectivity index (χ3n) is 4.36. The predicted octanol–water partition coefficient (Wildman–Crippen LogP) is 2.89. The highest BCUT2D eigenvalue weighted by Gasteiger charge is 2.28. The molecular weight excluding hydrogens is 314 g/mol. The Morgan fingerprint density at radius 1 is 1.04 bits per heavy atom. The minimum Gasteiger partial charge on any atom is -0.325 e. The average Bonchev–Trinajstić information content (AvgIpc) is 3.11. The van der Waals surface area contributed by atoms with Gasteiger partial charge in [0.05, 0.1) is 0 Å². The van der Waals surface area contributed by atoms with E-state index in [1.165, 1.54) is 0 Å². The summed E-state index contributed by atoms with van der Waals surface area (Å²) in [5.74, 6) is -0.143. The minimum atomic E-state index is -0.259. The Hall–Kier alpha value is -2.50. The van der Waals surface area contributed by atoms with Gasteiger partial charge in [0, 0.05) is 22.9 Å². The number of hydrogen-bond donors (Lipinski definition) is 3. The monoisotopic (exact) mass is 337 g/mol. The van der Waals surface area contributed by atoms with E-state index in [0.717, 1.165) is 19.3 Å². The minimum absolute atomic E-state index is 0.0552. The maximum atomic E-state index is 12.5. The van der Waals surface area contributed by atoms with Crippen molar-refractivity contribution in [2.24, 2.45) is 0 Å². The van der Waals surface area contributed by atoms with Gasteiger partial charge in [0.25, 0.3) is 0 Å². The molecule has 0 aromatic heterocycles. The van der Waals surface area contributed by atoms with Gasteiger partial charge in [0.15, 0.2) is 5.78 Å². The van der Waals surface area contributed by atoms with Crippen LogP contribution in [0.25, 0.3) is 0 Å². The van der Waals surface area contributed by atoms with E-state index in [-0.39, 0.29) is 17.7 Å². The summed E-state index contributed by atoms with van der Waals surface area (Å²) in [5, 5.41) is 2.90. The van der Waals surface area contributed by atoms with E-state index in [1.54, 1.807) is 36.4 Å².